The smallest absolute Gasteiger partial charge is 0.387 e. The van der Waals surface area contributed by atoms with Crippen molar-refractivity contribution in [1.82, 2.24) is 5.32 Å². The third-order valence-corrected chi connectivity index (χ3v) is 4.30. The lowest BCUT2D eigenvalue weighted by molar-refractivity contribution is -0.0504. The predicted octanol–water partition coefficient (Wildman–Crippen LogP) is 2.65. The minimum absolute atomic E-state index is 0.0338. The molecule has 0 fully saturated rings. The van der Waals surface area contributed by atoms with E-state index >= 15 is 0 Å². The monoisotopic (exact) mass is 376 g/mol. The molecule has 0 atom stereocenters. The molecule has 24 heavy (non-hydrogen) atoms. The molecule has 6 nitrogen and oxygen atoms in total. The van der Waals surface area contributed by atoms with Gasteiger partial charge >= 0.3 is 6.61 Å². The van der Waals surface area contributed by atoms with E-state index < -0.39 is 22.5 Å². The van der Waals surface area contributed by atoms with Crippen LogP contribution in [-0.4, -0.2) is 27.2 Å². The Balaban J connectivity index is 2.08. The Morgan fingerprint density at radius 2 is 2.00 bits per heavy atom. The number of hydrogen-bond donors (Lipinski definition) is 2. The number of ether oxygens (including phenoxy) is 1. The highest BCUT2D eigenvalue weighted by Gasteiger charge is 2.16. The molecule has 1 aromatic heterocycles. The number of para-hydroxylation sites is 1. The molecule has 0 radical (unpaired) electrons. The molecular weight excluding hydrogens is 362 g/mol. The third kappa shape index (κ3) is 5.17. The summed E-state index contributed by atoms with van der Waals surface area (Å²) >= 11 is 1.06. The molecule has 0 aliphatic carbocycles. The molecule has 0 aliphatic heterocycles. The van der Waals surface area contributed by atoms with E-state index in [0.29, 0.717) is 5.56 Å². The van der Waals surface area contributed by atoms with Crippen LogP contribution >= 0.6 is 11.3 Å². The molecule has 2 aromatic rings. The van der Waals surface area contributed by atoms with Gasteiger partial charge in [-0.25, -0.2) is 8.42 Å². The normalized spacial score (nSPS) is 11.3. The molecule has 0 aliphatic rings. The fourth-order valence-corrected chi connectivity index (χ4v) is 3.28. The Morgan fingerprint density at radius 3 is 2.67 bits per heavy atom. The van der Waals surface area contributed by atoms with E-state index in [0.717, 1.165) is 17.6 Å². The van der Waals surface area contributed by atoms with Crippen molar-refractivity contribution in [3.8, 4) is 5.75 Å². The van der Waals surface area contributed by atoms with Gasteiger partial charge in [-0.15, -0.1) is 11.3 Å². The number of rotatable bonds is 7. The number of benzene rings is 1. The second-order valence-corrected chi connectivity index (χ2v) is 7.37. The van der Waals surface area contributed by atoms with E-state index in [4.69, 9.17) is 0 Å². The van der Waals surface area contributed by atoms with E-state index in [1.165, 1.54) is 18.2 Å². The van der Waals surface area contributed by atoms with Crippen molar-refractivity contribution in [3.05, 3.63) is 46.2 Å². The van der Waals surface area contributed by atoms with Gasteiger partial charge in [0.05, 0.1) is 11.9 Å². The van der Waals surface area contributed by atoms with E-state index in [-0.39, 0.29) is 22.9 Å². The molecule has 1 heterocycles. The van der Waals surface area contributed by atoms with Crippen LogP contribution in [0, 0.1) is 0 Å². The molecule has 0 unspecified atom stereocenters. The third-order valence-electron chi connectivity index (χ3n) is 2.79. The van der Waals surface area contributed by atoms with Gasteiger partial charge in [-0.2, -0.15) is 8.78 Å². The average molecular weight is 376 g/mol. The quantitative estimate of drug-likeness (QED) is 0.778. The largest absolute Gasteiger partial charge is 0.434 e. The molecule has 130 valence electrons. The van der Waals surface area contributed by atoms with Crippen molar-refractivity contribution in [2.45, 2.75) is 13.2 Å². The highest BCUT2D eigenvalue weighted by molar-refractivity contribution is 7.92. The first kappa shape index (κ1) is 18.1. The summed E-state index contributed by atoms with van der Waals surface area (Å²) in [5.74, 6) is -0.559. The van der Waals surface area contributed by atoms with Gasteiger partial charge in [-0.05, 0) is 17.5 Å². The van der Waals surface area contributed by atoms with Crippen LogP contribution in [0.4, 0.5) is 14.5 Å². The Kier molecular flexibility index (Phi) is 5.73. The number of halogens is 2. The first-order valence-electron chi connectivity index (χ1n) is 6.62. The lowest BCUT2D eigenvalue weighted by atomic mass is 10.2. The van der Waals surface area contributed by atoms with E-state index in [1.807, 2.05) is 0 Å². The summed E-state index contributed by atoms with van der Waals surface area (Å²) in [6, 6.07) is 7.55. The second kappa shape index (κ2) is 7.58. The zero-order chi connectivity index (χ0) is 17.7. The lowest BCUT2D eigenvalue weighted by Gasteiger charge is -2.11. The summed E-state index contributed by atoms with van der Waals surface area (Å²) < 4.78 is 53.9. The number of alkyl halides is 2. The van der Waals surface area contributed by atoms with Gasteiger partial charge in [0.2, 0.25) is 10.0 Å². The van der Waals surface area contributed by atoms with Crippen molar-refractivity contribution in [2.75, 3.05) is 11.0 Å². The van der Waals surface area contributed by atoms with Crippen LogP contribution in [0.2, 0.25) is 0 Å². The first-order valence-corrected chi connectivity index (χ1v) is 9.39. The maximum atomic E-state index is 12.4. The molecule has 10 heteroatoms. The van der Waals surface area contributed by atoms with Crippen LogP contribution in [0.15, 0.2) is 35.7 Å². The Hall–Kier alpha value is -2.20. The van der Waals surface area contributed by atoms with E-state index in [2.05, 4.69) is 14.8 Å². The Morgan fingerprint density at radius 1 is 1.29 bits per heavy atom. The zero-order valence-electron chi connectivity index (χ0n) is 12.5. The standard InChI is InChI=1S/C14H14F2N2O4S2/c1-24(20,21)18-10-6-7-23-12(10)13(19)17-8-9-4-2-3-5-11(9)22-14(15)16/h2-7,14,18H,8H2,1H3,(H,17,19). The summed E-state index contributed by atoms with van der Waals surface area (Å²) in [6.07, 6.45) is 0.976. The summed E-state index contributed by atoms with van der Waals surface area (Å²) in [7, 11) is -3.52. The second-order valence-electron chi connectivity index (χ2n) is 4.71. The maximum Gasteiger partial charge on any atom is 0.387 e. The molecule has 0 saturated carbocycles. The number of anilines is 1. The van der Waals surface area contributed by atoms with Gasteiger partial charge in [0.15, 0.2) is 0 Å². The molecule has 0 spiro atoms. The fourth-order valence-electron chi connectivity index (χ4n) is 1.88. The van der Waals surface area contributed by atoms with E-state index in [9.17, 15) is 22.0 Å². The van der Waals surface area contributed by atoms with Crippen LogP contribution in [0.3, 0.4) is 0 Å². The number of carbonyl (C=O) groups is 1. The molecule has 1 amide bonds. The van der Waals surface area contributed by atoms with E-state index in [1.54, 1.807) is 17.5 Å². The van der Waals surface area contributed by atoms with Gasteiger partial charge in [0.25, 0.3) is 5.91 Å². The number of carbonyl (C=O) groups excluding carboxylic acids is 1. The van der Waals surface area contributed by atoms with Crippen molar-refractivity contribution >= 4 is 33.0 Å². The van der Waals surface area contributed by atoms with Crippen molar-refractivity contribution in [3.63, 3.8) is 0 Å². The summed E-state index contributed by atoms with van der Waals surface area (Å²) in [5, 5.41) is 4.12. The van der Waals surface area contributed by atoms with Crippen LogP contribution in [0.1, 0.15) is 15.2 Å². The molecule has 0 saturated heterocycles. The maximum absolute atomic E-state index is 12.4. The highest BCUT2D eigenvalue weighted by atomic mass is 32.2. The minimum Gasteiger partial charge on any atom is -0.434 e. The topological polar surface area (TPSA) is 84.5 Å². The summed E-state index contributed by atoms with van der Waals surface area (Å²) in [5.41, 5.74) is 0.539. The van der Waals surface area contributed by atoms with Crippen LogP contribution in [0.5, 0.6) is 5.75 Å². The first-order chi connectivity index (χ1) is 11.3. The molecule has 1 aromatic carbocycles. The fraction of sp³-hybridized carbons (Fsp3) is 0.214. The van der Waals surface area contributed by atoms with Gasteiger partial charge < -0.3 is 10.1 Å². The van der Waals surface area contributed by atoms with Gasteiger partial charge in [0.1, 0.15) is 10.6 Å². The zero-order valence-corrected chi connectivity index (χ0v) is 14.1. The van der Waals surface area contributed by atoms with Gasteiger partial charge in [0, 0.05) is 12.1 Å². The number of hydrogen-bond acceptors (Lipinski definition) is 5. The lowest BCUT2D eigenvalue weighted by Crippen LogP contribution is -2.24. The molecule has 0 bridgehead atoms. The SMILES string of the molecule is CS(=O)(=O)Nc1ccsc1C(=O)NCc1ccccc1OC(F)F. The number of nitrogens with one attached hydrogen (secondary N) is 2. The molecule has 2 N–H and O–H groups in total. The number of thiophene rings is 1. The number of amides is 1. The summed E-state index contributed by atoms with van der Waals surface area (Å²) in [4.78, 5) is 12.4. The van der Waals surface area contributed by atoms with Gasteiger partial charge in [-0.1, -0.05) is 18.2 Å². The minimum atomic E-state index is -3.52. The van der Waals surface area contributed by atoms with Crippen molar-refractivity contribution in [2.24, 2.45) is 0 Å². The van der Waals surface area contributed by atoms with Crippen LogP contribution in [-0.2, 0) is 16.6 Å². The predicted molar refractivity (Wildman–Crippen MR) is 87.0 cm³/mol. The average Bonchev–Trinajstić information content (AvgIpc) is 2.91. The van der Waals surface area contributed by atoms with Crippen LogP contribution < -0.4 is 14.8 Å². The Labute approximate surface area is 141 Å². The van der Waals surface area contributed by atoms with Crippen molar-refractivity contribution < 1.29 is 26.7 Å². The Bertz CT molecular complexity index is 822. The molecular formula is C14H14F2N2O4S2. The summed E-state index contributed by atoms with van der Waals surface area (Å²) in [6.45, 7) is -3.01. The molecule has 2 rings (SSSR count). The number of sulfonamides is 1. The highest BCUT2D eigenvalue weighted by Crippen LogP contribution is 2.24. The van der Waals surface area contributed by atoms with Crippen molar-refractivity contribution in [1.29, 1.82) is 0 Å². The van der Waals surface area contributed by atoms with Crippen LogP contribution in [0.25, 0.3) is 0 Å². The van der Waals surface area contributed by atoms with Gasteiger partial charge in [-0.3, -0.25) is 9.52 Å².